The summed E-state index contributed by atoms with van der Waals surface area (Å²) in [6.07, 6.45) is 1.10. The van der Waals surface area contributed by atoms with Crippen molar-refractivity contribution in [1.82, 2.24) is 4.90 Å². The molecule has 10 heteroatoms. The smallest absolute Gasteiger partial charge is 0.303 e. The first-order chi connectivity index (χ1) is 13.7. The highest BCUT2D eigenvalue weighted by molar-refractivity contribution is 8.26. The Hall–Kier alpha value is -2.13. The number of carbonyl (C=O) groups is 3. The topological polar surface area (TPSA) is 87.8 Å². The highest BCUT2D eigenvalue weighted by Crippen LogP contribution is 2.34. The Morgan fingerprint density at radius 1 is 1.17 bits per heavy atom. The van der Waals surface area contributed by atoms with Gasteiger partial charge < -0.3 is 9.52 Å². The third-order valence-corrected chi connectivity index (χ3v) is 6.05. The number of rotatable bonds is 7. The average molecular weight is 470 g/mol. The SMILES string of the molecule is O=C(O)CCC(=O)CN1C(=O)/C(=C\c2ccc(-c3ccc(Cl)c(Cl)c3)o2)SC1=S. The molecule has 0 saturated carbocycles. The number of carbonyl (C=O) groups excluding carboxylic acids is 2. The van der Waals surface area contributed by atoms with Gasteiger partial charge in [-0.05, 0) is 30.3 Å². The van der Waals surface area contributed by atoms with Gasteiger partial charge >= 0.3 is 5.97 Å². The van der Waals surface area contributed by atoms with Gasteiger partial charge in [0.15, 0.2) is 5.78 Å². The molecule has 3 rings (SSSR count). The van der Waals surface area contributed by atoms with Crippen molar-refractivity contribution in [3.8, 4) is 11.3 Å². The summed E-state index contributed by atoms with van der Waals surface area (Å²) in [4.78, 5) is 36.5. The molecule has 0 bridgehead atoms. The molecular weight excluding hydrogens is 457 g/mol. The van der Waals surface area contributed by atoms with E-state index in [-0.39, 0.29) is 29.5 Å². The standard InChI is InChI=1S/C19H13Cl2NO5S2/c20-13-4-1-10(7-14(13)21)15-5-3-12(27-15)8-16-18(26)22(19(28)29-16)9-11(23)2-6-17(24)25/h1,3-5,7-8H,2,6,9H2,(H,24,25)/b16-8+. The third kappa shape index (κ3) is 5.27. The Kier molecular flexibility index (Phi) is 6.79. The fraction of sp³-hybridized carbons (Fsp3) is 0.158. The second-order valence-electron chi connectivity index (χ2n) is 6.03. The van der Waals surface area contributed by atoms with E-state index in [1.807, 2.05) is 0 Å². The number of amides is 1. The van der Waals surface area contributed by atoms with Crippen LogP contribution in [0.4, 0.5) is 0 Å². The summed E-state index contributed by atoms with van der Waals surface area (Å²) in [5.74, 6) is -0.877. The van der Waals surface area contributed by atoms with Crippen LogP contribution in [0.1, 0.15) is 18.6 Å². The summed E-state index contributed by atoms with van der Waals surface area (Å²) < 4.78 is 5.99. The van der Waals surface area contributed by atoms with E-state index >= 15 is 0 Å². The van der Waals surface area contributed by atoms with Gasteiger partial charge in [-0.1, -0.05) is 47.2 Å². The Bertz CT molecular complexity index is 1050. The number of benzene rings is 1. The lowest BCUT2D eigenvalue weighted by atomic mass is 10.2. The Labute approximate surface area is 185 Å². The summed E-state index contributed by atoms with van der Waals surface area (Å²) in [5.41, 5.74) is 0.732. The molecule has 0 aliphatic carbocycles. The Morgan fingerprint density at radius 3 is 2.62 bits per heavy atom. The second-order valence-corrected chi connectivity index (χ2v) is 8.52. The minimum Gasteiger partial charge on any atom is -0.481 e. The van der Waals surface area contributed by atoms with Crippen molar-refractivity contribution < 1.29 is 23.9 Å². The maximum atomic E-state index is 12.6. The largest absolute Gasteiger partial charge is 0.481 e. The number of aliphatic carboxylic acids is 1. The summed E-state index contributed by atoms with van der Waals surface area (Å²) in [6.45, 7) is -0.248. The summed E-state index contributed by atoms with van der Waals surface area (Å²) in [6, 6.07) is 8.53. The fourth-order valence-electron chi connectivity index (χ4n) is 2.50. The number of ketones is 1. The molecule has 1 saturated heterocycles. The Morgan fingerprint density at radius 2 is 1.93 bits per heavy atom. The van der Waals surface area contributed by atoms with Crippen molar-refractivity contribution in [2.45, 2.75) is 12.8 Å². The van der Waals surface area contributed by atoms with Gasteiger partial charge in [-0.15, -0.1) is 0 Å². The molecule has 150 valence electrons. The number of hydrogen-bond acceptors (Lipinski definition) is 6. The van der Waals surface area contributed by atoms with Crippen molar-refractivity contribution in [2.75, 3.05) is 6.54 Å². The lowest BCUT2D eigenvalue weighted by Crippen LogP contribution is -2.33. The normalized spacial score (nSPS) is 15.4. The maximum absolute atomic E-state index is 12.6. The molecule has 1 aromatic heterocycles. The molecule has 29 heavy (non-hydrogen) atoms. The van der Waals surface area contributed by atoms with E-state index in [2.05, 4.69) is 0 Å². The zero-order valence-electron chi connectivity index (χ0n) is 14.7. The monoisotopic (exact) mass is 469 g/mol. The lowest BCUT2D eigenvalue weighted by molar-refractivity contribution is -0.138. The zero-order valence-corrected chi connectivity index (χ0v) is 17.8. The summed E-state index contributed by atoms with van der Waals surface area (Å²) in [5, 5.41) is 9.48. The van der Waals surface area contributed by atoms with Gasteiger partial charge in [0.2, 0.25) is 0 Å². The highest BCUT2D eigenvalue weighted by Gasteiger charge is 2.33. The number of carboxylic acid groups (broad SMARTS) is 1. The molecular formula is C19H13Cl2NO5S2. The van der Waals surface area contributed by atoms with Gasteiger partial charge in [0.25, 0.3) is 5.91 Å². The van der Waals surface area contributed by atoms with Crippen LogP contribution in [0, 0.1) is 0 Å². The quantitative estimate of drug-likeness (QED) is 0.456. The summed E-state index contributed by atoms with van der Waals surface area (Å²) in [7, 11) is 0. The van der Waals surface area contributed by atoms with Crippen molar-refractivity contribution in [3.63, 3.8) is 0 Å². The molecule has 1 amide bonds. The van der Waals surface area contributed by atoms with Crippen LogP contribution < -0.4 is 0 Å². The highest BCUT2D eigenvalue weighted by atomic mass is 35.5. The predicted molar refractivity (Wildman–Crippen MR) is 116 cm³/mol. The van der Waals surface area contributed by atoms with Gasteiger partial charge in [-0.2, -0.15) is 0 Å². The van der Waals surface area contributed by atoms with Crippen LogP contribution in [0.15, 0.2) is 39.7 Å². The first kappa shape index (κ1) is 21.6. The van der Waals surface area contributed by atoms with Gasteiger partial charge in [0.1, 0.15) is 15.8 Å². The predicted octanol–water partition coefficient (Wildman–Crippen LogP) is 4.89. The first-order valence-corrected chi connectivity index (χ1v) is 10.3. The number of halogens is 2. The number of furan rings is 1. The van der Waals surface area contributed by atoms with Crippen LogP contribution in [0.2, 0.25) is 10.0 Å². The molecule has 2 aromatic rings. The van der Waals surface area contributed by atoms with Gasteiger partial charge in [0.05, 0.1) is 27.9 Å². The van der Waals surface area contributed by atoms with Crippen LogP contribution in [0.3, 0.4) is 0 Å². The van der Waals surface area contributed by atoms with Gasteiger partial charge in [-0.3, -0.25) is 19.3 Å². The molecule has 1 fully saturated rings. The first-order valence-electron chi connectivity index (χ1n) is 8.28. The third-order valence-electron chi connectivity index (χ3n) is 3.93. The molecule has 2 heterocycles. The van der Waals surface area contributed by atoms with Crippen molar-refractivity contribution in [2.24, 2.45) is 0 Å². The number of thiocarbonyl (C=S) groups is 1. The lowest BCUT2D eigenvalue weighted by Gasteiger charge is -2.12. The molecule has 0 unspecified atom stereocenters. The molecule has 6 nitrogen and oxygen atoms in total. The van der Waals surface area contributed by atoms with Crippen molar-refractivity contribution in [1.29, 1.82) is 0 Å². The van der Waals surface area contributed by atoms with Crippen LogP contribution in [-0.4, -0.2) is 38.5 Å². The molecule has 1 aliphatic rings. The van der Waals surface area contributed by atoms with Gasteiger partial charge in [0, 0.05) is 18.1 Å². The van der Waals surface area contributed by atoms with E-state index in [1.165, 1.54) is 4.90 Å². The number of thioether (sulfide) groups is 1. The average Bonchev–Trinajstić information content (AvgIpc) is 3.23. The molecule has 1 N–H and O–H groups in total. The zero-order chi connectivity index (χ0) is 21.1. The van der Waals surface area contributed by atoms with Crippen LogP contribution in [0.5, 0.6) is 0 Å². The number of nitrogens with zero attached hydrogens (tertiary/aromatic N) is 1. The van der Waals surface area contributed by atoms with E-state index in [0.29, 0.717) is 26.5 Å². The summed E-state index contributed by atoms with van der Waals surface area (Å²) >= 11 is 18.2. The number of hydrogen-bond donors (Lipinski definition) is 1. The molecule has 0 spiro atoms. The second kappa shape index (κ2) is 9.13. The number of carboxylic acids is 1. The molecule has 0 atom stereocenters. The maximum Gasteiger partial charge on any atom is 0.303 e. The molecule has 1 aliphatic heterocycles. The fourth-order valence-corrected chi connectivity index (χ4v) is 4.04. The van der Waals surface area contributed by atoms with Crippen LogP contribution in [-0.2, 0) is 14.4 Å². The van der Waals surface area contributed by atoms with E-state index < -0.39 is 11.9 Å². The van der Waals surface area contributed by atoms with Crippen molar-refractivity contribution >= 4 is 75.2 Å². The van der Waals surface area contributed by atoms with Gasteiger partial charge in [-0.25, -0.2) is 0 Å². The minimum absolute atomic E-state index is 0.156. The minimum atomic E-state index is -1.07. The van der Waals surface area contributed by atoms with E-state index in [0.717, 1.165) is 17.3 Å². The molecule has 0 radical (unpaired) electrons. The van der Waals surface area contributed by atoms with Crippen LogP contribution in [0.25, 0.3) is 17.4 Å². The van der Waals surface area contributed by atoms with E-state index in [9.17, 15) is 14.4 Å². The van der Waals surface area contributed by atoms with Crippen LogP contribution >= 0.6 is 47.2 Å². The Balaban J connectivity index is 1.72. The van der Waals surface area contributed by atoms with E-state index in [1.54, 1.807) is 36.4 Å². The number of Topliss-reactive ketones (excluding diaryl/α,β-unsaturated/α-hetero) is 1. The van der Waals surface area contributed by atoms with Crippen molar-refractivity contribution in [3.05, 3.63) is 51.0 Å². The van der Waals surface area contributed by atoms with E-state index in [4.69, 9.17) is 44.9 Å². The molecule has 1 aromatic carbocycles.